The molecular weight excluding hydrogens is 1160 g/mol. The first-order valence-corrected chi connectivity index (χ1v) is 31.5. The van der Waals surface area contributed by atoms with E-state index in [2.05, 4.69) is 45.1 Å². The number of para-hydroxylation sites is 1. The first kappa shape index (κ1) is 61.0. The second kappa shape index (κ2) is 26.3. The van der Waals surface area contributed by atoms with E-state index < -0.39 is 30.1 Å². The van der Waals surface area contributed by atoms with Crippen LogP contribution in [0.25, 0.3) is 31.9 Å². The zero-order valence-electron chi connectivity index (χ0n) is 45.2. The van der Waals surface area contributed by atoms with Crippen molar-refractivity contribution in [3.63, 3.8) is 0 Å². The number of sulfonamides is 3. The second-order valence-corrected chi connectivity index (χ2v) is 25.8. The van der Waals surface area contributed by atoms with Crippen LogP contribution in [-0.2, 0) is 51.0 Å². The number of nitrogens with one attached hydrogen (secondary N) is 6. The summed E-state index contributed by atoms with van der Waals surface area (Å²) in [5.74, 6) is 0.479. The number of amides is 3. The predicted molar refractivity (Wildman–Crippen MR) is 326 cm³/mol. The molecule has 438 valence electrons. The van der Waals surface area contributed by atoms with Gasteiger partial charge < -0.3 is 29.2 Å². The smallest absolute Gasteiger partial charge is 0.295 e. The van der Waals surface area contributed by atoms with E-state index in [1.165, 1.54) is 73.0 Å². The van der Waals surface area contributed by atoms with E-state index >= 15 is 0 Å². The number of hydrogen-bond donors (Lipinski definition) is 6. The van der Waals surface area contributed by atoms with E-state index in [-0.39, 0.29) is 54.1 Å². The Balaban J connectivity index is 0.000000631. The molecule has 9 aromatic rings. The normalized spacial score (nSPS) is 11.9. The number of hydrogen-bond acceptors (Lipinski definition) is 18. The van der Waals surface area contributed by atoms with Crippen LogP contribution in [0.3, 0.4) is 0 Å². The Morgan fingerprint density at radius 1 is 0.506 bits per heavy atom. The van der Waals surface area contributed by atoms with Crippen LogP contribution in [0.1, 0.15) is 88.1 Å². The molecule has 81 heavy (non-hydrogen) atoms. The lowest BCUT2D eigenvalue weighted by atomic mass is 10.1. The Morgan fingerprint density at radius 2 is 0.901 bits per heavy atom. The first-order valence-electron chi connectivity index (χ1n) is 24.6. The monoisotopic (exact) mass is 1230 g/mol. The fourth-order valence-corrected chi connectivity index (χ4v) is 13.7. The topological polar surface area (TPSA) is 304 Å². The molecular formula is C54H69N9O12S6. The molecule has 0 aliphatic rings. The summed E-state index contributed by atoms with van der Waals surface area (Å²) in [6, 6.07) is 32.7. The van der Waals surface area contributed by atoms with Gasteiger partial charge >= 0.3 is 0 Å². The maximum atomic E-state index is 12.8. The number of carbonyl (C=O) groups excluding carboxylic acids is 3. The highest BCUT2D eigenvalue weighted by Crippen LogP contribution is 2.38. The van der Waals surface area contributed by atoms with Crippen LogP contribution < -0.4 is 30.1 Å². The molecule has 0 aliphatic carbocycles. The van der Waals surface area contributed by atoms with Gasteiger partial charge in [0, 0.05) is 41.9 Å². The quantitative estimate of drug-likeness (QED) is 0.0465. The molecule has 27 heteroatoms. The number of rotatable bonds is 18. The van der Waals surface area contributed by atoms with Gasteiger partial charge in [0.1, 0.15) is 17.3 Å². The molecule has 0 aliphatic heterocycles. The summed E-state index contributed by atoms with van der Waals surface area (Å²) in [6.45, 7) is 15.3. The van der Waals surface area contributed by atoms with E-state index in [9.17, 15) is 39.6 Å². The van der Waals surface area contributed by atoms with Crippen LogP contribution >= 0.6 is 34.0 Å². The lowest BCUT2D eigenvalue weighted by Gasteiger charge is -2.16. The largest absolute Gasteiger partial charge is 0.442 e. The van der Waals surface area contributed by atoms with Crippen molar-refractivity contribution in [3.05, 3.63) is 155 Å². The molecule has 0 saturated carbocycles. The van der Waals surface area contributed by atoms with Gasteiger partial charge in [-0.15, -0.1) is 0 Å². The maximum absolute atomic E-state index is 12.8. The van der Waals surface area contributed by atoms with Gasteiger partial charge in [-0.25, -0.2) is 41.2 Å². The van der Waals surface area contributed by atoms with E-state index in [4.69, 9.17) is 13.3 Å². The lowest BCUT2D eigenvalue weighted by Crippen LogP contribution is -2.28. The zero-order chi connectivity index (χ0) is 58.8. The number of aryl methyl sites for hydroxylation is 5. The van der Waals surface area contributed by atoms with Gasteiger partial charge in [0.2, 0.25) is 33.0 Å². The van der Waals surface area contributed by atoms with Crippen LogP contribution in [0.15, 0.2) is 144 Å². The Kier molecular flexibility index (Phi) is 19.8. The molecule has 1 atom stereocenters. The van der Waals surface area contributed by atoms with Crippen LogP contribution in [0, 0.1) is 34.6 Å². The fourth-order valence-electron chi connectivity index (χ4n) is 7.50. The maximum Gasteiger partial charge on any atom is 0.295 e. The minimum absolute atomic E-state index is 0. The number of benzene rings is 3. The van der Waals surface area contributed by atoms with Crippen molar-refractivity contribution in [1.29, 1.82) is 0 Å². The van der Waals surface area contributed by atoms with Crippen LogP contribution in [0.4, 0.5) is 21.1 Å². The molecule has 0 spiro atoms. The van der Waals surface area contributed by atoms with E-state index in [0.29, 0.717) is 76.5 Å². The minimum Gasteiger partial charge on any atom is -0.442 e. The lowest BCUT2D eigenvalue weighted by molar-refractivity contribution is -0.115. The number of carbonyl (C=O) groups is 3. The minimum atomic E-state index is -3.85. The molecule has 3 aromatic carbocycles. The summed E-state index contributed by atoms with van der Waals surface area (Å²) < 4.78 is 100. The third kappa shape index (κ3) is 16.1. The molecule has 6 heterocycles. The Labute approximate surface area is 489 Å². The van der Waals surface area contributed by atoms with Gasteiger partial charge in [0.15, 0.2) is 15.4 Å². The standard InChI is InChI=1S/C19H21N3O4S2.C18H19N3O4S2.C17H17N3O4S2.6H2/c1-4-15(14-8-6-5-7-9-14)22-28(24,25)17-11-10-16(26-17)18-12(2)20-19(27-18)21-13(3)23;1-11-6-4-5-7-14(11)10-19-27(23,24)16-9-8-15(25-16)17-12(2)20-18(26-17)21-13(3)22;1-10-6-4-5-7-13(10)20-26(22,23)15-9-8-14(24-15)16-11(2)18-17(25-16)19-12(3)21;;;;;;/h5-11,15,22H,4H2,1-3H3,(H,20,21,23);4-9,19H,10H2,1-3H3,(H,20,21,22);4-9,20H,1-3H3,(H,18,19,21);6*1H/t15-;;;;;;;;/m1......../s1. The Bertz CT molecular complexity index is 4080. The molecule has 3 amide bonds. The molecule has 0 radical (unpaired) electrons. The number of nitrogens with zero attached hydrogens (tertiary/aromatic N) is 3. The van der Waals surface area contributed by atoms with Crippen molar-refractivity contribution in [2.75, 3.05) is 20.7 Å². The summed E-state index contributed by atoms with van der Waals surface area (Å²) >= 11 is 3.67. The average Bonchev–Trinajstić information content (AvgIpc) is 1.84. The summed E-state index contributed by atoms with van der Waals surface area (Å²) in [4.78, 5) is 48.3. The van der Waals surface area contributed by atoms with Gasteiger partial charge in [-0.05, 0) is 106 Å². The number of thiazole rings is 3. The van der Waals surface area contributed by atoms with Gasteiger partial charge in [-0.2, -0.15) is 8.42 Å². The highest BCUT2D eigenvalue weighted by atomic mass is 32.2. The van der Waals surface area contributed by atoms with E-state index in [1.54, 1.807) is 51.1 Å². The number of aromatic nitrogens is 3. The second-order valence-electron chi connectivity index (χ2n) is 17.9. The van der Waals surface area contributed by atoms with Gasteiger partial charge in [-0.1, -0.05) is 114 Å². The van der Waals surface area contributed by atoms with Crippen molar-refractivity contribution in [3.8, 4) is 31.9 Å². The summed E-state index contributed by atoms with van der Waals surface area (Å²) in [7, 11) is -11.5. The Hall–Kier alpha value is -7.63. The number of furan rings is 3. The van der Waals surface area contributed by atoms with Gasteiger partial charge in [0.05, 0.1) is 37.4 Å². The Morgan fingerprint density at radius 3 is 1.32 bits per heavy atom. The highest BCUT2D eigenvalue weighted by molar-refractivity contribution is 7.92. The van der Waals surface area contributed by atoms with E-state index in [1.807, 2.05) is 87.5 Å². The third-order valence-corrected chi connectivity index (χ3v) is 18.6. The molecule has 0 fully saturated rings. The summed E-state index contributed by atoms with van der Waals surface area (Å²) in [5.41, 5.74) is 6.03. The predicted octanol–water partition coefficient (Wildman–Crippen LogP) is 12.8. The van der Waals surface area contributed by atoms with E-state index in [0.717, 1.165) is 22.3 Å². The summed E-state index contributed by atoms with van der Waals surface area (Å²) in [5, 5.41) is 8.63. The van der Waals surface area contributed by atoms with Crippen molar-refractivity contribution in [2.45, 2.75) is 96.6 Å². The SMILES string of the molecule is CC(=O)Nc1nc(C)c(-c2ccc(S(=O)(=O)NCc3ccccc3C)o2)s1.CC(=O)Nc1nc(C)c(-c2ccc(S(=O)(=O)Nc3ccccc3C)o2)s1.CC[C@@H](NS(=O)(=O)c1ccc(-c2sc(NC(C)=O)nc2C)o1)c1ccccc1.[HH].[HH].[HH].[HH].[HH].[HH]. The van der Waals surface area contributed by atoms with Crippen LogP contribution in [-0.4, -0.2) is 57.9 Å². The molecule has 21 nitrogen and oxygen atoms in total. The molecule has 0 unspecified atom stereocenters. The third-order valence-electron chi connectivity index (χ3n) is 11.5. The first-order chi connectivity index (χ1) is 38.3. The van der Waals surface area contributed by atoms with Crippen molar-refractivity contribution in [1.82, 2.24) is 24.4 Å². The molecule has 0 bridgehead atoms. The zero-order valence-corrected chi connectivity index (χ0v) is 50.1. The molecule has 6 aromatic heterocycles. The van der Waals surface area contributed by atoms with Crippen molar-refractivity contribution >= 4 is 103 Å². The van der Waals surface area contributed by atoms with Crippen molar-refractivity contribution in [2.24, 2.45) is 0 Å². The number of anilines is 4. The highest BCUT2D eigenvalue weighted by Gasteiger charge is 2.27. The molecule has 6 N–H and O–H groups in total. The van der Waals surface area contributed by atoms with Crippen LogP contribution in [0.5, 0.6) is 0 Å². The molecule has 0 saturated heterocycles. The van der Waals surface area contributed by atoms with Gasteiger partial charge in [-0.3, -0.25) is 19.1 Å². The fraction of sp³-hybridized carbons (Fsp3) is 0.222. The summed E-state index contributed by atoms with van der Waals surface area (Å²) in [6.07, 6.45) is 0.602. The van der Waals surface area contributed by atoms with Crippen molar-refractivity contribution < 1.29 is 61.4 Å². The average molecular weight is 1230 g/mol. The molecule has 9 rings (SSSR count). The van der Waals surface area contributed by atoms with Gasteiger partial charge in [0.25, 0.3) is 30.1 Å². The van der Waals surface area contributed by atoms with Crippen LogP contribution in [0.2, 0.25) is 0 Å².